The summed E-state index contributed by atoms with van der Waals surface area (Å²) in [6.07, 6.45) is 5.28. The molecule has 1 aliphatic heterocycles. The Bertz CT molecular complexity index is 414. The second-order valence-electron chi connectivity index (χ2n) is 4.88. The number of esters is 1. The van der Waals surface area contributed by atoms with Crippen molar-refractivity contribution in [3.63, 3.8) is 0 Å². The minimum atomic E-state index is -0.123. The van der Waals surface area contributed by atoms with Gasteiger partial charge in [0.05, 0.1) is 6.61 Å². The van der Waals surface area contributed by atoms with Gasteiger partial charge in [-0.05, 0) is 50.9 Å². The second kappa shape index (κ2) is 7.24. The average Bonchev–Trinajstić information content (AvgIpc) is 2.47. The quantitative estimate of drug-likeness (QED) is 0.825. The van der Waals surface area contributed by atoms with E-state index in [4.69, 9.17) is 4.74 Å². The molecule has 0 aliphatic carbocycles. The fourth-order valence-corrected chi connectivity index (χ4v) is 2.60. The molecule has 0 radical (unpaired) electrons. The fourth-order valence-electron chi connectivity index (χ4n) is 2.60. The topological polar surface area (TPSA) is 51.2 Å². The van der Waals surface area contributed by atoms with Crippen molar-refractivity contribution in [1.29, 1.82) is 0 Å². The van der Waals surface area contributed by atoms with E-state index in [1.165, 1.54) is 11.3 Å². The van der Waals surface area contributed by atoms with Gasteiger partial charge in [-0.25, -0.2) is 0 Å². The number of rotatable bonds is 5. The highest BCUT2D eigenvalue weighted by Gasteiger charge is 2.19. The zero-order valence-corrected chi connectivity index (χ0v) is 11.5. The molecule has 4 nitrogen and oxygen atoms in total. The number of pyridine rings is 1. The molecule has 1 aliphatic rings. The highest BCUT2D eigenvalue weighted by molar-refractivity contribution is 5.69. The minimum absolute atomic E-state index is 0.123. The van der Waals surface area contributed by atoms with Gasteiger partial charge in [0.2, 0.25) is 0 Å². The van der Waals surface area contributed by atoms with Crippen LogP contribution in [-0.4, -0.2) is 30.6 Å². The van der Waals surface area contributed by atoms with Gasteiger partial charge in [0.15, 0.2) is 0 Å². The number of hydrogen-bond acceptors (Lipinski definition) is 4. The molecule has 1 N–H and O–H groups in total. The molecule has 0 spiro atoms. The lowest BCUT2D eigenvalue weighted by Gasteiger charge is -2.24. The van der Waals surface area contributed by atoms with E-state index in [2.05, 4.69) is 16.4 Å². The lowest BCUT2D eigenvalue weighted by Crippen LogP contribution is -2.27. The van der Waals surface area contributed by atoms with Crippen molar-refractivity contribution < 1.29 is 9.53 Å². The number of hydrogen-bond donors (Lipinski definition) is 1. The van der Waals surface area contributed by atoms with Crippen LogP contribution < -0.4 is 5.32 Å². The van der Waals surface area contributed by atoms with E-state index in [-0.39, 0.29) is 5.97 Å². The Hall–Kier alpha value is -1.42. The van der Waals surface area contributed by atoms with E-state index in [1.54, 1.807) is 0 Å². The summed E-state index contributed by atoms with van der Waals surface area (Å²) in [5.74, 6) is 0.405. The van der Waals surface area contributed by atoms with Gasteiger partial charge < -0.3 is 10.1 Å². The standard InChI is InChI=1S/C15H22N2O2/c1-2-19-14(18)6-5-12-4-3-9-17-15(12)13-7-10-16-11-8-13/h3-4,9,13,16H,2,5-8,10-11H2,1H3. The van der Waals surface area contributed by atoms with E-state index in [0.29, 0.717) is 18.9 Å². The molecule has 104 valence electrons. The minimum Gasteiger partial charge on any atom is -0.466 e. The normalized spacial score (nSPS) is 16.3. The van der Waals surface area contributed by atoms with Crippen molar-refractivity contribution in [2.24, 2.45) is 0 Å². The first kappa shape index (κ1) is 14.0. The summed E-state index contributed by atoms with van der Waals surface area (Å²) < 4.78 is 4.98. The maximum Gasteiger partial charge on any atom is 0.306 e. The lowest BCUT2D eigenvalue weighted by atomic mass is 9.90. The predicted molar refractivity (Wildman–Crippen MR) is 74.0 cm³/mol. The van der Waals surface area contributed by atoms with Crippen LogP contribution in [0.4, 0.5) is 0 Å². The van der Waals surface area contributed by atoms with Crippen LogP contribution in [0.5, 0.6) is 0 Å². The number of carbonyl (C=O) groups is 1. The Morgan fingerprint density at radius 3 is 3.00 bits per heavy atom. The van der Waals surface area contributed by atoms with E-state index < -0.39 is 0 Å². The molecule has 1 saturated heterocycles. The molecule has 4 heteroatoms. The Labute approximate surface area is 114 Å². The first-order valence-electron chi connectivity index (χ1n) is 7.11. The Morgan fingerprint density at radius 1 is 1.47 bits per heavy atom. The van der Waals surface area contributed by atoms with Crippen LogP contribution in [0.3, 0.4) is 0 Å². The molecule has 0 atom stereocenters. The summed E-state index contributed by atoms with van der Waals surface area (Å²) in [5, 5.41) is 3.37. The third-order valence-corrected chi connectivity index (χ3v) is 3.56. The van der Waals surface area contributed by atoms with Gasteiger partial charge in [-0.3, -0.25) is 9.78 Å². The molecule has 19 heavy (non-hydrogen) atoms. The molecular weight excluding hydrogens is 240 g/mol. The first-order valence-corrected chi connectivity index (χ1v) is 7.11. The zero-order valence-electron chi connectivity index (χ0n) is 11.5. The highest BCUT2D eigenvalue weighted by Crippen LogP contribution is 2.26. The van der Waals surface area contributed by atoms with Gasteiger partial charge in [0.1, 0.15) is 0 Å². The van der Waals surface area contributed by atoms with Crippen LogP contribution in [0, 0.1) is 0 Å². The van der Waals surface area contributed by atoms with Gasteiger partial charge >= 0.3 is 5.97 Å². The SMILES string of the molecule is CCOC(=O)CCc1cccnc1C1CCNCC1. The predicted octanol–water partition coefficient (Wildman–Crippen LogP) is 2.04. The summed E-state index contributed by atoms with van der Waals surface area (Å²) in [6, 6.07) is 4.04. The molecule has 0 saturated carbocycles. The zero-order chi connectivity index (χ0) is 13.5. The third kappa shape index (κ3) is 4.03. The molecule has 2 heterocycles. The first-order chi connectivity index (χ1) is 9.31. The van der Waals surface area contributed by atoms with Crippen molar-refractivity contribution in [3.8, 4) is 0 Å². The number of piperidine rings is 1. The van der Waals surface area contributed by atoms with E-state index >= 15 is 0 Å². The smallest absolute Gasteiger partial charge is 0.306 e. The molecule has 1 aromatic rings. The van der Waals surface area contributed by atoms with Crippen molar-refractivity contribution >= 4 is 5.97 Å². The van der Waals surface area contributed by atoms with E-state index in [0.717, 1.165) is 32.4 Å². The maximum atomic E-state index is 11.5. The third-order valence-electron chi connectivity index (χ3n) is 3.56. The average molecular weight is 262 g/mol. The van der Waals surface area contributed by atoms with Crippen LogP contribution in [0.25, 0.3) is 0 Å². The van der Waals surface area contributed by atoms with Crippen LogP contribution in [0.1, 0.15) is 43.4 Å². The van der Waals surface area contributed by atoms with Crippen molar-refractivity contribution in [3.05, 3.63) is 29.6 Å². The summed E-state index contributed by atoms with van der Waals surface area (Å²) in [5.41, 5.74) is 2.37. The van der Waals surface area contributed by atoms with Crippen molar-refractivity contribution in [1.82, 2.24) is 10.3 Å². The van der Waals surface area contributed by atoms with Gasteiger partial charge in [-0.1, -0.05) is 6.07 Å². The van der Waals surface area contributed by atoms with Gasteiger partial charge in [-0.15, -0.1) is 0 Å². The van der Waals surface area contributed by atoms with Crippen LogP contribution in [-0.2, 0) is 16.0 Å². The molecule has 2 rings (SSSR count). The molecule has 0 unspecified atom stereocenters. The van der Waals surface area contributed by atoms with Gasteiger partial charge in [0.25, 0.3) is 0 Å². The second-order valence-corrected chi connectivity index (χ2v) is 4.88. The largest absolute Gasteiger partial charge is 0.466 e. The fraction of sp³-hybridized carbons (Fsp3) is 0.600. The van der Waals surface area contributed by atoms with Crippen LogP contribution >= 0.6 is 0 Å². The maximum absolute atomic E-state index is 11.5. The molecule has 1 aromatic heterocycles. The Balaban J connectivity index is 2.01. The summed E-state index contributed by atoms with van der Waals surface area (Å²) >= 11 is 0. The number of nitrogens with zero attached hydrogens (tertiary/aromatic N) is 1. The van der Waals surface area contributed by atoms with Gasteiger partial charge in [0, 0.05) is 24.2 Å². The molecule has 0 bridgehead atoms. The Kier molecular flexibility index (Phi) is 5.33. The number of aryl methyl sites for hydroxylation is 1. The molecule has 0 amide bonds. The van der Waals surface area contributed by atoms with E-state index in [9.17, 15) is 4.79 Å². The van der Waals surface area contributed by atoms with Crippen LogP contribution in [0.2, 0.25) is 0 Å². The van der Waals surface area contributed by atoms with E-state index in [1.807, 2.05) is 19.2 Å². The monoisotopic (exact) mass is 262 g/mol. The number of aromatic nitrogens is 1. The van der Waals surface area contributed by atoms with Crippen molar-refractivity contribution in [2.45, 2.75) is 38.5 Å². The van der Waals surface area contributed by atoms with Crippen LogP contribution in [0.15, 0.2) is 18.3 Å². The molecular formula is C15H22N2O2. The summed E-state index contributed by atoms with van der Waals surface area (Å²) in [4.78, 5) is 16.0. The number of nitrogens with one attached hydrogen (secondary N) is 1. The summed E-state index contributed by atoms with van der Waals surface area (Å²) in [7, 11) is 0. The van der Waals surface area contributed by atoms with Crippen molar-refractivity contribution in [2.75, 3.05) is 19.7 Å². The number of carbonyl (C=O) groups excluding carboxylic acids is 1. The molecule has 0 aromatic carbocycles. The highest BCUT2D eigenvalue weighted by atomic mass is 16.5. The Morgan fingerprint density at radius 2 is 2.26 bits per heavy atom. The lowest BCUT2D eigenvalue weighted by molar-refractivity contribution is -0.143. The molecule has 1 fully saturated rings. The van der Waals surface area contributed by atoms with Gasteiger partial charge in [-0.2, -0.15) is 0 Å². The number of ether oxygens (including phenoxy) is 1. The summed E-state index contributed by atoms with van der Waals surface area (Å²) in [6.45, 7) is 4.40.